The van der Waals surface area contributed by atoms with Crippen LogP contribution in [0.2, 0.25) is 0 Å². The standard InChI is InChI=1S/C14H12N2O/c1-17-13-9-11-7-8-16(14(11)15-10-13)12-5-3-2-4-6-12/h2-10H,1H3. The molecule has 0 fully saturated rings. The van der Waals surface area contributed by atoms with Crippen LogP contribution in [0.3, 0.4) is 0 Å². The minimum absolute atomic E-state index is 0.781. The van der Waals surface area contributed by atoms with Crippen molar-refractivity contribution in [2.75, 3.05) is 7.11 Å². The van der Waals surface area contributed by atoms with Crippen molar-refractivity contribution in [3.63, 3.8) is 0 Å². The van der Waals surface area contributed by atoms with Crippen LogP contribution in [-0.4, -0.2) is 16.7 Å². The Balaban J connectivity index is 2.19. The van der Waals surface area contributed by atoms with Crippen molar-refractivity contribution < 1.29 is 4.74 Å². The SMILES string of the molecule is COc1cnc2c(ccn2-c2ccccc2)c1. The van der Waals surface area contributed by atoms with Gasteiger partial charge in [0, 0.05) is 17.3 Å². The third-order valence-corrected chi connectivity index (χ3v) is 2.77. The number of hydrogen-bond donors (Lipinski definition) is 0. The minimum atomic E-state index is 0.781. The Morgan fingerprint density at radius 3 is 2.71 bits per heavy atom. The van der Waals surface area contributed by atoms with Gasteiger partial charge in [-0.05, 0) is 24.3 Å². The van der Waals surface area contributed by atoms with Crippen LogP contribution in [0.15, 0.2) is 54.9 Å². The summed E-state index contributed by atoms with van der Waals surface area (Å²) in [6.45, 7) is 0. The number of para-hydroxylation sites is 1. The van der Waals surface area contributed by atoms with Gasteiger partial charge in [-0.2, -0.15) is 0 Å². The number of methoxy groups -OCH3 is 1. The molecule has 0 radical (unpaired) electrons. The Hall–Kier alpha value is -2.29. The second-order valence-corrected chi connectivity index (χ2v) is 3.81. The molecule has 0 N–H and O–H groups in total. The van der Waals surface area contributed by atoms with E-state index >= 15 is 0 Å². The van der Waals surface area contributed by atoms with Crippen molar-refractivity contribution in [1.82, 2.24) is 9.55 Å². The van der Waals surface area contributed by atoms with E-state index in [1.807, 2.05) is 36.5 Å². The lowest BCUT2D eigenvalue weighted by Gasteiger charge is -2.04. The van der Waals surface area contributed by atoms with Crippen molar-refractivity contribution in [1.29, 1.82) is 0 Å². The summed E-state index contributed by atoms with van der Waals surface area (Å²) >= 11 is 0. The number of ether oxygens (including phenoxy) is 1. The van der Waals surface area contributed by atoms with Crippen LogP contribution in [0, 0.1) is 0 Å². The molecule has 0 saturated heterocycles. The first kappa shape index (κ1) is 9.90. The van der Waals surface area contributed by atoms with Crippen LogP contribution in [0.4, 0.5) is 0 Å². The molecule has 0 amide bonds. The topological polar surface area (TPSA) is 27.1 Å². The smallest absolute Gasteiger partial charge is 0.144 e. The van der Waals surface area contributed by atoms with E-state index in [0.717, 1.165) is 22.5 Å². The van der Waals surface area contributed by atoms with E-state index in [9.17, 15) is 0 Å². The molecule has 84 valence electrons. The fraction of sp³-hybridized carbons (Fsp3) is 0.0714. The van der Waals surface area contributed by atoms with E-state index in [4.69, 9.17) is 4.74 Å². The van der Waals surface area contributed by atoms with Crippen LogP contribution in [0.1, 0.15) is 0 Å². The average Bonchev–Trinajstić information content (AvgIpc) is 2.82. The summed E-state index contributed by atoms with van der Waals surface area (Å²) in [5.74, 6) is 0.781. The quantitative estimate of drug-likeness (QED) is 0.669. The van der Waals surface area contributed by atoms with Crippen molar-refractivity contribution in [2.45, 2.75) is 0 Å². The summed E-state index contributed by atoms with van der Waals surface area (Å²) in [5.41, 5.74) is 2.05. The fourth-order valence-corrected chi connectivity index (χ4v) is 1.91. The Morgan fingerprint density at radius 2 is 1.94 bits per heavy atom. The molecule has 0 unspecified atom stereocenters. The summed E-state index contributed by atoms with van der Waals surface area (Å²) in [4.78, 5) is 4.43. The van der Waals surface area contributed by atoms with E-state index in [2.05, 4.69) is 21.7 Å². The monoisotopic (exact) mass is 224 g/mol. The first-order valence-electron chi connectivity index (χ1n) is 5.45. The van der Waals surface area contributed by atoms with Gasteiger partial charge in [0.05, 0.1) is 13.3 Å². The number of pyridine rings is 1. The number of rotatable bonds is 2. The van der Waals surface area contributed by atoms with Gasteiger partial charge in [-0.3, -0.25) is 0 Å². The van der Waals surface area contributed by atoms with Crippen LogP contribution >= 0.6 is 0 Å². The van der Waals surface area contributed by atoms with Crippen molar-refractivity contribution in [3.05, 3.63) is 54.9 Å². The minimum Gasteiger partial charge on any atom is -0.495 e. The largest absolute Gasteiger partial charge is 0.495 e. The molecule has 17 heavy (non-hydrogen) atoms. The number of nitrogens with zero attached hydrogens (tertiary/aromatic N) is 2. The molecule has 3 heteroatoms. The molecule has 3 rings (SSSR count). The molecule has 2 aromatic heterocycles. The number of benzene rings is 1. The molecule has 0 spiro atoms. The lowest BCUT2D eigenvalue weighted by Crippen LogP contribution is -1.93. The predicted octanol–water partition coefficient (Wildman–Crippen LogP) is 3.03. The maximum Gasteiger partial charge on any atom is 0.144 e. The van der Waals surface area contributed by atoms with Gasteiger partial charge in [0.1, 0.15) is 11.4 Å². The molecule has 2 heterocycles. The summed E-state index contributed by atoms with van der Waals surface area (Å²) in [5, 5.41) is 1.08. The van der Waals surface area contributed by atoms with Gasteiger partial charge in [-0.25, -0.2) is 4.98 Å². The first-order valence-corrected chi connectivity index (χ1v) is 5.45. The second-order valence-electron chi connectivity index (χ2n) is 3.81. The van der Waals surface area contributed by atoms with Gasteiger partial charge in [0.25, 0.3) is 0 Å². The molecular formula is C14H12N2O. The number of fused-ring (bicyclic) bond motifs is 1. The summed E-state index contributed by atoms with van der Waals surface area (Å²) in [7, 11) is 1.65. The third kappa shape index (κ3) is 1.65. The fourth-order valence-electron chi connectivity index (χ4n) is 1.91. The highest BCUT2D eigenvalue weighted by Crippen LogP contribution is 2.21. The highest BCUT2D eigenvalue weighted by atomic mass is 16.5. The van der Waals surface area contributed by atoms with Crippen LogP contribution in [-0.2, 0) is 0 Å². The molecule has 0 aliphatic heterocycles. The van der Waals surface area contributed by atoms with Crippen LogP contribution in [0.5, 0.6) is 5.75 Å². The zero-order valence-corrected chi connectivity index (χ0v) is 9.50. The van der Waals surface area contributed by atoms with Gasteiger partial charge >= 0.3 is 0 Å². The summed E-state index contributed by atoms with van der Waals surface area (Å²) in [6.07, 6.45) is 3.76. The zero-order chi connectivity index (χ0) is 11.7. The molecule has 3 nitrogen and oxygen atoms in total. The molecule has 0 saturated carbocycles. The third-order valence-electron chi connectivity index (χ3n) is 2.77. The summed E-state index contributed by atoms with van der Waals surface area (Å²) in [6, 6.07) is 14.2. The molecule has 0 bridgehead atoms. The van der Waals surface area contributed by atoms with Crippen LogP contribution in [0.25, 0.3) is 16.7 Å². The molecule has 1 aromatic carbocycles. The molecule has 0 atom stereocenters. The predicted molar refractivity (Wildman–Crippen MR) is 67.6 cm³/mol. The van der Waals surface area contributed by atoms with E-state index in [-0.39, 0.29) is 0 Å². The van der Waals surface area contributed by atoms with Gasteiger partial charge < -0.3 is 9.30 Å². The highest BCUT2D eigenvalue weighted by Gasteiger charge is 2.04. The maximum absolute atomic E-state index is 5.17. The normalized spacial score (nSPS) is 10.6. The van der Waals surface area contributed by atoms with Gasteiger partial charge in [0.15, 0.2) is 0 Å². The first-order chi connectivity index (χ1) is 8.38. The van der Waals surface area contributed by atoms with Gasteiger partial charge in [-0.15, -0.1) is 0 Å². The molecule has 0 aliphatic rings. The molecule has 3 aromatic rings. The van der Waals surface area contributed by atoms with Crippen molar-refractivity contribution >= 4 is 11.0 Å². The highest BCUT2D eigenvalue weighted by molar-refractivity contribution is 5.79. The van der Waals surface area contributed by atoms with Crippen molar-refractivity contribution in [3.8, 4) is 11.4 Å². The Labute approximate surface area is 99.3 Å². The van der Waals surface area contributed by atoms with E-state index < -0.39 is 0 Å². The molecular weight excluding hydrogens is 212 g/mol. The average molecular weight is 224 g/mol. The summed E-state index contributed by atoms with van der Waals surface area (Å²) < 4.78 is 7.23. The van der Waals surface area contributed by atoms with Crippen LogP contribution < -0.4 is 4.74 Å². The van der Waals surface area contributed by atoms with Crippen molar-refractivity contribution in [2.24, 2.45) is 0 Å². The Kier molecular flexibility index (Phi) is 2.29. The van der Waals surface area contributed by atoms with E-state index in [1.165, 1.54) is 0 Å². The van der Waals surface area contributed by atoms with Gasteiger partial charge in [0.2, 0.25) is 0 Å². The second kappa shape index (κ2) is 3.94. The Morgan fingerprint density at radius 1 is 1.12 bits per heavy atom. The van der Waals surface area contributed by atoms with Gasteiger partial charge in [-0.1, -0.05) is 18.2 Å². The maximum atomic E-state index is 5.17. The Bertz CT molecular complexity index is 644. The zero-order valence-electron chi connectivity index (χ0n) is 9.50. The lowest BCUT2D eigenvalue weighted by atomic mass is 10.3. The lowest BCUT2D eigenvalue weighted by molar-refractivity contribution is 0.413. The number of aromatic nitrogens is 2. The number of hydrogen-bond acceptors (Lipinski definition) is 2. The van der Waals surface area contributed by atoms with E-state index in [0.29, 0.717) is 0 Å². The van der Waals surface area contributed by atoms with E-state index in [1.54, 1.807) is 13.3 Å². The molecule has 0 aliphatic carbocycles.